The van der Waals surface area contributed by atoms with E-state index < -0.39 is 11.6 Å². The lowest BCUT2D eigenvalue weighted by Crippen LogP contribution is -1.84. The highest BCUT2D eigenvalue weighted by Crippen LogP contribution is 2.33. The Labute approximate surface area is 97.0 Å². The van der Waals surface area contributed by atoms with Crippen LogP contribution in [0.15, 0.2) is 27.2 Å². The maximum atomic E-state index is 12.9. The third-order valence-corrected chi connectivity index (χ3v) is 2.96. The van der Waals surface area contributed by atoms with E-state index in [1.165, 1.54) is 0 Å². The molecule has 1 aromatic carbocycles. The van der Waals surface area contributed by atoms with E-state index in [-0.39, 0.29) is 16.5 Å². The van der Waals surface area contributed by atoms with Gasteiger partial charge in [-0.1, -0.05) is 5.16 Å². The lowest BCUT2D eigenvalue weighted by molar-refractivity contribution is 0.423. The molecular formula is C9H3BrClF2NO. The first-order valence-electron chi connectivity index (χ1n) is 3.85. The Hall–Kier alpha value is -0.940. The fraction of sp³-hybridized carbons (Fsp3) is 0. The highest BCUT2D eigenvalue weighted by atomic mass is 79.9. The van der Waals surface area contributed by atoms with Gasteiger partial charge in [-0.3, -0.25) is 0 Å². The van der Waals surface area contributed by atoms with Crippen molar-refractivity contribution in [3.63, 3.8) is 0 Å². The van der Waals surface area contributed by atoms with Gasteiger partial charge in [-0.05, 0) is 39.7 Å². The molecule has 1 heterocycles. The Morgan fingerprint density at radius 2 is 1.80 bits per heavy atom. The summed E-state index contributed by atoms with van der Waals surface area (Å²) < 4.78 is 30.8. The maximum Gasteiger partial charge on any atom is 0.240 e. The van der Waals surface area contributed by atoms with E-state index >= 15 is 0 Å². The van der Waals surface area contributed by atoms with Crippen LogP contribution in [-0.2, 0) is 0 Å². The molecular weight excluding hydrogens is 291 g/mol. The summed E-state index contributed by atoms with van der Waals surface area (Å²) in [7, 11) is 0. The van der Waals surface area contributed by atoms with Crippen LogP contribution < -0.4 is 0 Å². The van der Waals surface area contributed by atoms with E-state index in [2.05, 4.69) is 25.6 Å². The fourth-order valence-electron chi connectivity index (χ4n) is 1.13. The molecule has 0 spiro atoms. The monoisotopic (exact) mass is 293 g/mol. The maximum absolute atomic E-state index is 12.9. The number of hydrogen-bond acceptors (Lipinski definition) is 2. The molecule has 0 atom stereocenters. The van der Waals surface area contributed by atoms with Gasteiger partial charge in [0.15, 0.2) is 0 Å². The van der Waals surface area contributed by atoms with Crippen LogP contribution in [0.4, 0.5) is 8.78 Å². The SMILES string of the molecule is Fc1cc(F)cc(-c2noc(Cl)c2Br)c1. The van der Waals surface area contributed by atoms with Gasteiger partial charge in [-0.15, -0.1) is 0 Å². The fourth-order valence-corrected chi connectivity index (χ4v) is 1.63. The van der Waals surface area contributed by atoms with Gasteiger partial charge in [-0.25, -0.2) is 8.78 Å². The summed E-state index contributed by atoms with van der Waals surface area (Å²) in [5.74, 6) is -1.37. The van der Waals surface area contributed by atoms with E-state index in [4.69, 9.17) is 11.6 Å². The molecule has 0 aliphatic rings. The minimum Gasteiger partial charge on any atom is -0.343 e. The van der Waals surface area contributed by atoms with Gasteiger partial charge in [0.25, 0.3) is 0 Å². The third-order valence-electron chi connectivity index (χ3n) is 1.73. The Morgan fingerprint density at radius 1 is 1.20 bits per heavy atom. The molecule has 0 unspecified atom stereocenters. The smallest absolute Gasteiger partial charge is 0.240 e. The average molecular weight is 294 g/mol. The zero-order valence-corrected chi connectivity index (χ0v) is 9.44. The van der Waals surface area contributed by atoms with Gasteiger partial charge >= 0.3 is 0 Å². The molecule has 0 fully saturated rings. The second-order valence-electron chi connectivity index (χ2n) is 2.78. The number of halogens is 4. The molecule has 1 aromatic heterocycles. The second-order valence-corrected chi connectivity index (χ2v) is 3.91. The summed E-state index contributed by atoms with van der Waals surface area (Å²) in [6, 6.07) is 3.06. The van der Waals surface area contributed by atoms with Crippen molar-refractivity contribution < 1.29 is 13.3 Å². The number of hydrogen-bond donors (Lipinski definition) is 0. The molecule has 78 valence electrons. The normalized spacial score (nSPS) is 10.7. The van der Waals surface area contributed by atoms with Crippen molar-refractivity contribution >= 4 is 27.5 Å². The summed E-state index contributed by atoms with van der Waals surface area (Å²) in [5, 5.41) is 3.62. The number of aromatic nitrogens is 1. The van der Waals surface area contributed by atoms with Crippen molar-refractivity contribution in [2.24, 2.45) is 0 Å². The first kappa shape index (κ1) is 10.6. The van der Waals surface area contributed by atoms with Gasteiger partial charge in [0.2, 0.25) is 5.22 Å². The predicted octanol–water partition coefficient (Wildman–Crippen LogP) is 4.04. The standard InChI is InChI=1S/C9H3BrClF2NO/c10-7-8(14-15-9(7)11)4-1-5(12)3-6(13)2-4/h1-3H. The van der Waals surface area contributed by atoms with Crippen molar-refractivity contribution in [1.82, 2.24) is 5.16 Å². The summed E-state index contributed by atoms with van der Waals surface area (Å²) in [4.78, 5) is 0. The molecule has 0 aliphatic heterocycles. The molecule has 0 amide bonds. The van der Waals surface area contributed by atoms with Gasteiger partial charge in [0, 0.05) is 11.6 Å². The molecule has 6 heteroatoms. The first-order valence-corrected chi connectivity index (χ1v) is 5.02. The van der Waals surface area contributed by atoms with E-state index in [0.29, 0.717) is 4.47 Å². The van der Waals surface area contributed by atoms with Gasteiger partial charge in [0.05, 0.1) is 0 Å². The van der Waals surface area contributed by atoms with Crippen LogP contribution in [-0.4, -0.2) is 5.16 Å². The van der Waals surface area contributed by atoms with Crippen molar-refractivity contribution in [2.45, 2.75) is 0 Å². The third kappa shape index (κ3) is 2.03. The zero-order chi connectivity index (χ0) is 11.0. The summed E-state index contributed by atoms with van der Waals surface area (Å²) in [6.45, 7) is 0. The average Bonchev–Trinajstić information content (AvgIpc) is 2.46. The van der Waals surface area contributed by atoms with Crippen LogP contribution in [0.25, 0.3) is 11.3 Å². The highest BCUT2D eigenvalue weighted by molar-refractivity contribution is 9.10. The van der Waals surface area contributed by atoms with E-state index in [9.17, 15) is 8.78 Å². The van der Waals surface area contributed by atoms with Crippen molar-refractivity contribution in [2.75, 3.05) is 0 Å². The molecule has 15 heavy (non-hydrogen) atoms. The lowest BCUT2D eigenvalue weighted by atomic mass is 10.1. The lowest BCUT2D eigenvalue weighted by Gasteiger charge is -1.97. The Morgan fingerprint density at radius 3 is 2.27 bits per heavy atom. The van der Waals surface area contributed by atoms with Crippen LogP contribution in [0, 0.1) is 11.6 Å². The molecule has 0 saturated heterocycles. The molecule has 2 rings (SSSR count). The molecule has 2 aromatic rings. The van der Waals surface area contributed by atoms with Gasteiger partial charge in [-0.2, -0.15) is 0 Å². The molecule has 0 bridgehead atoms. The number of benzene rings is 1. The van der Waals surface area contributed by atoms with Crippen LogP contribution >= 0.6 is 27.5 Å². The van der Waals surface area contributed by atoms with E-state index in [1.807, 2.05) is 0 Å². The van der Waals surface area contributed by atoms with Gasteiger partial charge < -0.3 is 4.52 Å². The quantitative estimate of drug-likeness (QED) is 0.793. The zero-order valence-electron chi connectivity index (χ0n) is 7.10. The Kier molecular flexibility index (Phi) is 2.75. The van der Waals surface area contributed by atoms with Crippen molar-refractivity contribution in [1.29, 1.82) is 0 Å². The van der Waals surface area contributed by atoms with E-state index in [1.54, 1.807) is 0 Å². The van der Waals surface area contributed by atoms with Crippen LogP contribution in [0.5, 0.6) is 0 Å². The van der Waals surface area contributed by atoms with Crippen molar-refractivity contribution in [3.05, 3.63) is 39.5 Å². The van der Waals surface area contributed by atoms with Gasteiger partial charge in [0.1, 0.15) is 21.8 Å². The summed E-state index contributed by atoms with van der Waals surface area (Å²) in [6.07, 6.45) is 0. The Balaban J connectivity index is 2.58. The van der Waals surface area contributed by atoms with Crippen LogP contribution in [0.1, 0.15) is 0 Å². The molecule has 0 N–H and O–H groups in total. The van der Waals surface area contributed by atoms with Crippen molar-refractivity contribution in [3.8, 4) is 11.3 Å². The minimum absolute atomic E-state index is 0.0367. The largest absolute Gasteiger partial charge is 0.343 e. The second kappa shape index (κ2) is 3.90. The molecule has 0 radical (unpaired) electrons. The van der Waals surface area contributed by atoms with Crippen LogP contribution in [0.2, 0.25) is 5.22 Å². The summed E-state index contributed by atoms with van der Waals surface area (Å²) >= 11 is 8.70. The highest BCUT2D eigenvalue weighted by Gasteiger charge is 2.14. The predicted molar refractivity (Wildman–Crippen MR) is 54.6 cm³/mol. The Bertz CT molecular complexity index is 495. The topological polar surface area (TPSA) is 26.0 Å². The summed E-state index contributed by atoms with van der Waals surface area (Å²) in [5.41, 5.74) is 0.522. The molecule has 2 nitrogen and oxygen atoms in total. The number of nitrogens with zero attached hydrogens (tertiary/aromatic N) is 1. The molecule has 0 saturated carbocycles. The number of rotatable bonds is 1. The molecule has 0 aliphatic carbocycles. The van der Waals surface area contributed by atoms with E-state index in [0.717, 1.165) is 18.2 Å². The van der Waals surface area contributed by atoms with Crippen LogP contribution in [0.3, 0.4) is 0 Å². The minimum atomic E-state index is -0.684. The first-order chi connectivity index (χ1) is 7.08.